The minimum Gasteiger partial charge on any atom is -0.328 e. The van der Waals surface area contributed by atoms with E-state index in [1.807, 2.05) is 0 Å². The van der Waals surface area contributed by atoms with Gasteiger partial charge in [-0.25, -0.2) is 4.98 Å². The maximum atomic E-state index is 4.93. The number of hydrogen-bond acceptors (Lipinski definition) is 1. The SMILES string of the molecule is CCCn1c(CC2CCCCC(Br)C2)nc2ccccc21. The summed E-state index contributed by atoms with van der Waals surface area (Å²) in [6, 6.07) is 8.57. The molecule has 0 N–H and O–H groups in total. The van der Waals surface area contributed by atoms with E-state index in [1.54, 1.807) is 0 Å². The number of fused-ring (bicyclic) bond motifs is 1. The fourth-order valence-electron chi connectivity index (χ4n) is 3.59. The molecule has 114 valence electrons. The molecule has 3 heteroatoms. The second kappa shape index (κ2) is 6.95. The zero-order chi connectivity index (χ0) is 14.7. The highest BCUT2D eigenvalue weighted by molar-refractivity contribution is 9.09. The lowest BCUT2D eigenvalue weighted by Gasteiger charge is -2.17. The van der Waals surface area contributed by atoms with Crippen molar-refractivity contribution in [3.05, 3.63) is 30.1 Å². The second-order valence-electron chi connectivity index (χ2n) is 6.36. The average Bonchev–Trinajstić information content (AvgIpc) is 2.67. The Morgan fingerprint density at radius 1 is 1.24 bits per heavy atom. The molecule has 1 saturated carbocycles. The minimum absolute atomic E-state index is 0.703. The van der Waals surface area contributed by atoms with Crippen LogP contribution in [0, 0.1) is 5.92 Å². The van der Waals surface area contributed by atoms with Crippen molar-refractivity contribution in [1.29, 1.82) is 0 Å². The molecule has 0 aliphatic heterocycles. The van der Waals surface area contributed by atoms with Crippen molar-refractivity contribution in [2.45, 2.75) is 63.2 Å². The molecule has 2 unspecified atom stereocenters. The third-order valence-corrected chi connectivity index (χ3v) is 5.45. The quantitative estimate of drug-likeness (QED) is 0.539. The predicted molar refractivity (Wildman–Crippen MR) is 93.0 cm³/mol. The summed E-state index contributed by atoms with van der Waals surface area (Å²) in [5.41, 5.74) is 2.46. The van der Waals surface area contributed by atoms with Crippen LogP contribution < -0.4 is 0 Å². The smallest absolute Gasteiger partial charge is 0.110 e. The van der Waals surface area contributed by atoms with Gasteiger partial charge in [0.15, 0.2) is 0 Å². The number of halogens is 1. The van der Waals surface area contributed by atoms with Gasteiger partial charge in [0.2, 0.25) is 0 Å². The number of alkyl halides is 1. The van der Waals surface area contributed by atoms with E-state index in [9.17, 15) is 0 Å². The highest BCUT2D eigenvalue weighted by Crippen LogP contribution is 2.30. The zero-order valence-corrected chi connectivity index (χ0v) is 14.5. The van der Waals surface area contributed by atoms with Crippen LogP contribution in [0.25, 0.3) is 11.0 Å². The van der Waals surface area contributed by atoms with Gasteiger partial charge in [-0.15, -0.1) is 0 Å². The fraction of sp³-hybridized carbons (Fsp3) is 0.611. The van der Waals surface area contributed by atoms with Crippen molar-refractivity contribution in [3.63, 3.8) is 0 Å². The van der Waals surface area contributed by atoms with Crippen molar-refractivity contribution in [1.82, 2.24) is 9.55 Å². The molecular formula is C18H25BrN2. The number of imidazole rings is 1. The molecule has 1 aromatic carbocycles. The lowest BCUT2D eigenvalue weighted by atomic mass is 9.96. The van der Waals surface area contributed by atoms with Gasteiger partial charge in [0.1, 0.15) is 5.82 Å². The Balaban J connectivity index is 1.86. The first-order chi connectivity index (χ1) is 10.3. The molecule has 0 spiro atoms. The van der Waals surface area contributed by atoms with Crippen molar-refractivity contribution < 1.29 is 0 Å². The van der Waals surface area contributed by atoms with Gasteiger partial charge in [-0.05, 0) is 43.7 Å². The molecule has 0 saturated heterocycles. The van der Waals surface area contributed by atoms with Crippen molar-refractivity contribution in [3.8, 4) is 0 Å². The maximum Gasteiger partial charge on any atom is 0.110 e. The Morgan fingerprint density at radius 2 is 2.05 bits per heavy atom. The van der Waals surface area contributed by atoms with Crippen LogP contribution in [0.2, 0.25) is 0 Å². The summed E-state index contributed by atoms with van der Waals surface area (Å²) < 4.78 is 2.45. The van der Waals surface area contributed by atoms with Crippen molar-refractivity contribution >= 4 is 27.0 Å². The van der Waals surface area contributed by atoms with Gasteiger partial charge < -0.3 is 4.57 Å². The largest absolute Gasteiger partial charge is 0.328 e. The molecule has 2 aromatic rings. The molecule has 2 atom stereocenters. The van der Waals surface area contributed by atoms with E-state index in [0.717, 1.165) is 24.4 Å². The van der Waals surface area contributed by atoms with E-state index < -0.39 is 0 Å². The number of benzene rings is 1. The summed E-state index contributed by atoms with van der Waals surface area (Å²) in [6.45, 7) is 3.33. The van der Waals surface area contributed by atoms with E-state index in [4.69, 9.17) is 4.98 Å². The number of para-hydroxylation sites is 2. The molecule has 1 aromatic heterocycles. The number of hydrogen-bond donors (Lipinski definition) is 0. The van der Waals surface area contributed by atoms with Gasteiger partial charge in [-0.1, -0.05) is 47.8 Å². The van der Waals surface area contributed by atoms with Crippen molar-refractivity contribution in [2.75, 3.05) is 0 Å². The summed E-state index contributed by atoms with van der Waals surface area (Å²) in [5, 5.41) is 0. The van der Waals surface area contributed by atoms with Crippen LogP contribution in [0.3, 0.4) is 0 Å². The third kappa shape index (κ3) is 3.50. The van der Waals surface area contributed by atoms with Gasteiger partial charge in [0, 0.05) is 17.8 Å². The van der Waals surface area contributed by atoms with E-state index >= 15 is 0 Å². The summed E-state index contributed by atoms with van der Waals surface area (Å²) in [6.07, 6.45) is 9.04. The van der Waals surface area contributed by atoms with Gasteiger partial charge in [-0.3, -0.25) is 0 Å². The van der Waals surface area contributed by atoms with Crippen LogP contribution in [0.15, 0.2) is 24.3 Å². The molecule has 0 bridgehead atoms. The van der Waals surface area contributed by atoms with Crippen LogP contribution in [-0.2, 0) is 13.0 Å². The van der Waals surface area contributed by atoms with Crippen LogP contribution >= 0.6 is 15.9 Å². The Hall–Kier alpha value is -0.830. The number of nitrogens with zero attached hydrogens (tertiary/aromatic N) is 2. The van der Waals surface area contributed by atoms with Crippen LogP contribution in [-0.4, -0.2) is 14.4 Å². The van der Waals surface area contributed by atoms with Crippen LogP contribution in [0.1, 0.15) is 51.3 Å². The molecule has 1 aliphatic rings. The average molecular weight is 349 g/mol. The molecule has 1 fully saturated rings. The molecular weight excluding hydrogens is 324 g/mol. The molecule has 3 rings (SSSR count). The van der Waals surface area contributed by atoms with E-state index in [1.165, 1.54) is 49.9 Å². The second-order valence-corrected chi connectivity index (χ2v) is 7.65. The van der Waals surface area contributed by atoms with Gasteiger partial charge >= 0.3 is 0 Å². The molecule has 1 aliphatic carbocycles. The maximum absolute atomic E-state index is 4.93. The van der Waals surface area contributed by atoms with E-state index in [0.29, 0.717) is 4.83 Å². The standard InChI is InChI=1S/C18H25BrN2/c1-2-11-21-17-10-6-5-9-16(17)20-18(21)13-14-7-3-4-8-15(19)12-14/h5-6,9-10,14-15H,2-4,7-8,11-13H2,1H3. The number of rotatable bonds is 4. The first-order valence-electron chi connectivity index (χ1n) is 8.36. The van der Waals surface area contributed by atoms with Gasteiger partial charge in [-0.2, -0.15) is 0 Å². The van der Waals surface area contributed by atoms with Crippen LogP contribution in [0.4, 0.5) is 0 Å². The Bertz CT molecular complexity index is 590. The van der Waals surface area contributed by atoms with Crippen LogP contribution in [0.5, 0.6) is 0 Å². The molecule has 21 heavy (non-hydrogen) atoms. The van der Waals surface area contributed by atoms with Gasteiger partial charge in [0.05, 0.1) is 11.0 Å². The monoisotopic (exact) mass is 348 g/mol. The van der Waals surface area contributed by atoms with Crippen molar-refractivity contribution in [2.24, 2.45) is 5.92 Å². The Labute approximate surface area is 136 Å². The predicted octanol–water partition coefficient (Wildman–Crippen LogP) is 5.33. The summed E-state index contributed by atoms with van der Waals surface area (Å²) >= 11 is 3.85. The number of aryl methyl sites for hydroxylation is 1. The summed E-state index contributed by atoms with van der Waals surface area (Å²) in [7, 11) is 0. The van der Waals surface area contributed by atoms with Gasteiger partial charge in [0.25, 0.3) is 0 Å². The first-order valence-corrected chi connectivity index (χ1v) is 9.27. The summed E-state index contributed by atoms with van der Waals surface area (Å²) in [4.78, 5) is 5.63. The first kappa shape index (κ1) is 15.1. The zero-order valence-electron chi connectivity index (χ0n) is 12.9. The normalized spacial score (nSPS) is 23.3. The lowest BCUT2D eigenvalue weighted by molar-refractivity contribution is 0.444. The Morgan fingerprint density at radius 3 is 2.90 bits per heavy atom. The fourth-order valence-corrected chi connectivity index (χ4v) is 4.45. The topological polar surface area (TPSA) is 17.8 Å². The Kier molecular flexibility index (Phi) is 4.99. The lowest BCUT2D eigenvalue weighted by Crippen LogP contribution is -2.13. The van der Waals surface area contributed by atoms with E-state index in [2.05, 4.69) is 51.7 Å². The molecule has 0 amide bonds. The molecule has 0 radical (unpaired) electrons. The highest BCUT2D eigenvalue weighted by Gasteiger charge is 2.21. The highest BCUT2D eigenvalue weighted by atomic mass is 79.9. The number of aromatic nitrogens is 2. The summed E-state index contributed by atoms with van der Waals surface area (Å²) in [5.74, 6) is 2.08. The molecule has 2 nitrogen and oxygen atoms in total. The minimum atomic E-state index is 0.703. The third-order valence-electron chi connectivity index (χ3n) is 4.62. The van der Waals surface area contributed by atoms with E-state index in [-0.39, 0.29) is 0 Å². The molecule has 1 heterocycles.